The molecule has 130 valence electrons. The number of carbonyl (C=O) groups excluding carboxylic acids is 1. The monoisotopic (exact) mass is 305 g/mol. The lowest BCUT2D eigenvalue weighted by molar-refractivity contribution is -0.109. The van der Waals surface area contributed by atoms with E-state index in [1.807, 2.05) is 13.8 Å². The number of ether oxygens (including phenoxy) is 1. The van der Waals surface area contributed by atoms with Gasteiger partial charge in [0, 0.05) is 33.2 Å². The highest BCUT2D eigenvalue weighted by atomic mass is 16.5. The van der Waals surface area contributed by atoms with Crippen LogP contribution in [0.4, 0.5) is 0 Å². The third-order valence-electron chi connectivity index (χ3n) is 2.08. The van der Waals surface area contributed by atoms with Crippen molar-refractivity contribution in [1.29, 1.82) is 0 Å². The number of amides is 1. The molecule has 1 aliphatic rings. The predicted molar refractivity (Wildman–Crippen MR) is 92.8 cm³/mol. The molecular weight excluding hydrogens is 266 g/mol. The van der Waals surface area contributed by atoms with Crippen molar-refractivity contribution in [3.63, 3.8) is 0 Å². The topological polar surface area (TPSA) is 53.6 Å². The van der Waals surface area contributed by atoms with Gasteiger partial charge in [0.1, 0.15) is 0 Å². The summed E-state index contributed by atoms with van der Waals surface area (Å²) in [4.78, 5) is 11.5. The number of nitrogens with one attached hydrogen (secondary N) is 2. The minimum Gasteiger partial charge on any atom is -0.379 e. The summed E-state index contributed by atoms with van der Waals surface area (Å²) in [6, 6.07) is 0. The van der Waals surface area contributed by atoms with Gasteiger partial charge in [-0.2, -0.15) is 0 Å². The van der Waals surface area contributed by atoms with Gasteiger partial charge in [-0.1, -0.05) is 41.5 Å². The van der Waals surface area contributed by atoms with Gasteiger partial charge in [-0.25, -0.2) is 0 Å². The number of nitrogens with zero attached hydrogens (tertiary/aromatic N) is 1. The molecule has 1 heterocycles. The summed E-state index contributed by atoms with van der Waals surface area (Å²) in [6.45, 7) is 20.0. The Hall–Kier alpha value is -0.650. The smallest absolute Gasteiger partial charge is 0.206 e. The highest BCUT2D eigenvalue weighted by molar-refractivity contribution is 5.44. The molecular formula is C16H39N3O2. The molecule has 1 rings (SSSR count). The second kappa shape index (κ2) is 24.4. The Kier molecular flexibility index (Phi) is 29.4. The van der Waals surface area contributed by atoms with Crippen LogP contribution in [0.25, 0.3) is 0 Å². The Bertz CT molecular complexity index is 170. The summed E-state index contributed by atoms with van der Waals surface area (Å²) in [5, 5.41) is 5.56. The lowest BCUT2D eigenvalue weighted by Gasteiger charge is -2.26. The number of rotatable bonds is 5. The van der Waals surface area contributed by atoms with Crippen LogP contribution in [0.15, 0.2) is 0 Å². The number of likely N-dealkylation sites (N-methyl/N-ethyl adjacent to an activating group) is 1. The van der Waals surface area contributed by atoms with Gasteiger partial charge >= 0.3 is 0 Å². The number of hydrogen-bond donors (Lipinski definition) is 2. The molecule has 0 unspecified atom stereocenters. The lowest BCUT2D eigenvalue weighted by Crippen LogP contribution is -2.40. The largest absolute Gasteiger partial charge is 0.379 e. The third kappa shape index (κ3) is 32.7. The van der Waals surface area contributed by atoms with Crippen molar-refractivity contribution in [2.45, 2.75) is 41.5 Å². The van der Waals surface area contributed by atoms with Crippen molar-refractivity contribution in [3.05, 3.63) is 0 Å². The lowest BCUT2D eigenvalue weighted by atomic mass is 10.3. The third-order valence-corrected chi connectivity index (χ3v) is 2.08. The first kappa shape index (κ1) is 25.3. The second-order valence-corrected chi connectivity index (χ2v) is 4.95. The van der Waals surface area contributed by atoms with E-state index in [4.69, 9.17) is 9.53 Å². The summed E-state index contributed by atoms with van der Waals surface area (Å²) >= 11 is 0. The Balaban J connectivity index is -0.000000271. The van der Waals surface area contributed by atoms with E-state index in [1.54, 1.807) is 7.05 Å². The SMILES string of the molecule is CC.CC(C)C.CCNCCN1CCOCC1.CNC=O. The number of carbonyl (C=O) groups is 1. The van der Waals surface area contributed by atoms with Gasteiger partial charge in [0.2, 0.25) is 6.41 Å². The predicted octanol–water partition coefficient (Wildman–Crippen LogP) is 1.98. The zero-order chi connectivity index (χ0) is 16.9. The van der Waals surface area contributed by atoms with Gasteiger partial charge in [-0.05, 0) is 12.5 Å². The fourth-order valence-corrected chi connectivity index (χ4v) is 1.24. The molecule has 5 nitrogen and oxygen atoms in total. The van der Waals surface area contributed by atoms with E-state index in [1.165, 1.54) is 0 Å². The van der Waals surface area contributed by atoms with Crippen LogP contribution >= 0.6 is 0 Å². The molecule has 0 bridgehead atoms. The molecule has 1 saturated heterocycles. The second-order valence-electron chi connectivity index (χ2n) is 4.95. The fourth-order valence-electron chi connectivity index (χ4n) is 1.24. The van der Waals surface area contributed by atoms with Gasteiger partial charge in [-0.3, -0.25) is 9.69 Å². The van der Waals surface area contributed by atoms with E-state index < -0.39 is 0 Å². The van der Waals surface area contributed by atoms with E-state index in [2.05, 4.69) is 43.2 Å². The zero-order valence-electron chi connectivity index (χ0n) is 15.4. The normalized spacial score (nSPS) is 13.7. The van der Waals surface area contributed by atoms with Crippen LogP contribution in [0.3, 0.4) is 0 Å². The first-order valence-electron chi connectivity index (χ1n) is 8.20. The zero-order valence-corrected chi connectivity index (χ0v) is 15.4. The van der Waals surface area contributed by atoms with Crippen molar-refractivity contribution in [3.8, 4) is 0 Å². The van der Waals surface area contributed by atoms with Gasteiger partial charge in [0.25, 0.3) is 0 Å². The maximum atomic E-state index is 9.06. The molecule has 21 heavy (non-hydrogen) atoms. The molecule has 0 spiro atoms. The molecule has 0 aromatic rings. The molecule has 1 aliphatic heterocycles. The van der Waals surface area contributed by atoms with E-state index in [-0.39, 0.29) is 0 Å². The summed E-state index contributed by atoms with van der Waals surface area (Å²) in [5.74, 6) is 0.833. The summed E-state index contributed by atoms with van der Waals surface area (Å²) in [7, 11) is 1.56. The van der Waals surface area contributed by atoms with Crippen molar-refractivity contribution >= 4 is 6.41 Å². The van der Waals surface area contributed by atoms with E-state index in [0.29, 0.717) is 6.41 Å². The van der Waals surface area contributed by atoms with Gasteiger partial charge in [-0.15, -0.1) is 0 Å². The Morgan fingerprint density at radius 1 is 1.19 bits per heavy atom. The van der Waals surface area contributed by atoms with Crippen LogP contribution in [-0.4, -0.2) is 64.3 Å². The van der Waals surface area contributed by atoms with E-state index >= 15 is 0 Å². The molecule has 0 aromatic carbocycles. The molecule has 0 atom stereocenters. The highest BCUT2D eigenvalue weighted by Gasteiger charge is 2.08. The van der Waals surface area contributed by atoms with Crippen LogP contribution in [-0.2, 0) is 9.53 Å². The quantitative estimate of drug-likeness (QED) is 0.602. The Morgan fingerprint density at radius 3 is 1.95 bits per heavy atom. The molecule has 0 aliphatic carbocycles. The Morgan fingerprint density at radius 2 is 1.62 bits per heavy atom. The van der Waals surface area contributed by atoms with Crippen LogP contribution in [0, 0.1) is 5.92 Å². The number of hydrogen-bond acceptors (Lipinski definition) is 4. The molecule has 5 heteroatoms. The van der Waals surface area contributed by atoms with Crippen LogP contribution in [0.1, 0.15) is 41.5 Å². The first-order chi connectivity index (χ1) is 10.1. The molecule has 0 radical (unpaired) electrons. The molecule has 0 aromatic heterocycles. The van der Waals surface area contributed by atoms with E-state index in [0.717, 1.165) is 51.9 Å². The molecule has 0 saturated carbocycles. The maximum Gasteiger partial charge on any atom is 0.206 e. The summed E-state index contributed by atoms with van der Waals surface area (Å²) in [5.41, 5.74) is 0. The van der Waals surface area contributed by atoms with Crippen LogP contribution in [0.5, 0.6) is 0 Å². The van der Waals surface area contributed by atoms with Gasteiger partial charge in [0.05, 0.1) is 13.2 Å². The number of morpholine rings is 1. The molecule has 1 fully saturated rings. The van der Waals surface area contributed by atoms with Crippen molar-refractivity contribution in [2.75, 3.05) is 53.0 Å². The van der Waals surface area contributed by atoms with Gasteiger partial charge in [0.15, 0.2) is 0 Å². The molecule has 1 amide bonds. The standard InChI is InChI=1S/C8H18N2O.C4H10.C2H5NO.C2H6/c1-2-9-3-4-10-5-7-11-8-6-10;1-4(2)3;1-3-2-4;1-2/h9H,2-8H2,1H3;4H,1-3H3;2H,1H3,(H,3,4);1-2H3. The maximum absolute atomic E-state index is 9.06. The first-order valence-corrected chi connectivity index (χ1v) is 8.20. The van der Waals surface area contributed by atoms with Crippen molar-refractivity contribution in [2.24, 2.45) is 5.92 Å². The average Bonchev–Trinajstić information content (AvgIpc) is 2.50. The summed E-state index contributed by atoms with van der Waals surface area (Å²) < 4.78 is 5.24. The van der Waals surface area contributed by atoms with Crippen LogP contribution < -0.4 is 10.6 Å². The minimum atomic E-state index is 0.625. The van der Waals surface area contributed by atoms with Crippen molar-refractivity contribution < 1.29 is 9.53 Å². The van der Waals surface area contributed by atoms with E-state index in [9.17, 15) is 0 Å². The fraction of sp³-hybridized carbons (Fsp3) is 0.938. The van der Waals surface area contributed by atoms with Crippen LogP contribution in [0.2, 0.25) is 0 Å². The molecule has 2 N–H and O–H groups in total. The van der Waals surface area contributed by atoms with Crippen molar-refractivity contribution in [1.82, 2.24) is 15.5 Å². The Labute approximate surface area is 132 Å². The summed E-state index contributed by atoms with van der Waals surface area (Å²) in [6.07, 6.45) is 0.625. The minimum absolute atomic E-state index is 0.625. The highest BCUT2D eigenvalue weighted by Crippen LogP contribution is 1.94. The average molecular weight is 306 g/mol. The van der Waals surface area contributed by atoms with Gasteiger partial charge < -0.3 is 15.4 Å².